The zero-order valence-corrected chi connectivity index (χ0v) is 9.38. The zero-order valence-electron chi connectivity index (χ0n) is 9.38. The Bertz CT molecular complexity index is 160. The lowest BCUT2D eigenvalue weighted by molar-refractivity contribution is -0.122. The summed E-state index contributed by atoms with van der Waals surface area (Å²) in [6, 6.07) is -0.389. The molecule has 0 aromatic carbocycles. The standard InChI is InChI=1S/C10H22N2O2/c1-4-9(11)10(13)12-5-6-14-7-8(2)3/h8-9H,4-7,11H2,1-3H3,(H,12,13)/t9-/m1/s1. The molecule has 0 bridgehead atoms. The Morgan fingerprint density at radius 1 is 1.50 bits per heavy atom. The molecule has 84 valence electrons. The summed E-state index contributed by atoms with van der Waals surface area (Å²) in [6.45, 7) is 7.89. The number of hydrogen-bond donors (Lipinski definition) is 2. The first-order valence-electron chi connectivity index (χ1n) is 5.19. The lowest BCUT2D eigenvalue weighted by atomic mass is 10.2. The molecule has 0 radical (unpaired) electrons. The molecular formula is C10H22N2O2. The summed E-state index contributed by atoms with van der Waals surface area (Å²) in [5.41, 5.74) is 5.53. The van der Waals surface area contributed by atoms with E-state index >= 15 is 0 Å². The van der Waals surface area contributed by atoms with Gasteiger partial charge in [-0.25, -0.2) is 0 Å². The van der Waals surface area contributed by atoms with Crippen LogP contribution in [0.1, 0.15) is 27.2 Å². The predicted octanol–water partition coefficient (Wildman–Crippen LogP) is 0.513. The van der Waals surface area contributed by atoms with E-state index in [0.717, 1.165) is 6.61 Å². The number of rotatable bonds is 7. The van der Waals surface area contributed by atoms with Crippen molar-refractivity contribution >= 4 is 5.91 Å². The summed E-state index contributed by atoms with van der Waals surface area (Å²) >= 11 is 0. The van der Waals surface area contributed by atoms with Crippen molar-refractivity contribution in [3.63, 3.8) is 0 Å². The van der Waals surface area contributed by atoms with Gasteiger partial charge >= 0.3 is 0 Å². The van der Waals surface area contributed by atoms with Crippen molar-refractivity contribution in [2.24, 2.45) is 11.7 Å². The van der Waals surface area contributed by atoms with Gasteiger partial charge in [0, 0.05) is 13.2 Å². The van der Waals surface area contributed by atoms with Crippen LogP contribution in [0.15, 0.2) is 0 Å². The van der Waals surface area contributed by atoms with Crippen LogP contribution in [-0.4, -0.2) is 31.7 Å². The van der Waals surface area contributed by atoms with E-state index in [4.69, 9.17) is 10.5 Å². The topological polar surface area (TPSA) is 64.4 Å². The van der Waals surface area contributed by atoms with Crippen LogP contribution >= 0.6 is 0 Å². The van der Waals surface area contributed by atoms with Crippen LogP contribution in [0, 0.1) is 5.92 Å². The van der Waals surface area contributed by atoms with Gasteiger partial charge in [0.15, 0.2) is 0 Å². The van der Waals surface area contributed by atoms with Crippen molar-refractivity contribution in [1.29, 1.82) is 0 Å². The van der Waals surface area contributed by atoms with Crippen molar-refractivity contribution < 1.29 is 9.53 Å². The van der Waals surface area contributed by atoms with Crippen LogP contribution in [0.2, 0.25) is 0 Å². The lowest BCUT2D eigenvalue weighted by Crippen LogP contribution is -2.41. The highest BCUT2D eigenvalue weighted by molar-refractivity contribution is 5.81. The molecule has 0 saturated carbocycles. The van der Waals surface area contributed by atoms with E-state index in [-0.39, 0.29) is 11.9 Å². The maximum Gasteiger partial charge on any atom is 0.236 e. The fourth-order valence-electron chi connectivity index (χ4n) is 0.882. The number of carbonyl (C=O) groups is 1. The molecule has 3 N–H and O–H groups in total. The van der Waals surface area contributed by atoms with Gasteiger partial charge in [-0.15, -0.1) is 0 Å². The Hall–Kier alpha value is -0.610. The van der Waals surface area contributed by atoms with E-state index in [0.29, 0.717) is 25.5 Å². The molecule has 4 heteroatoms. The molecule has 0 aliphatic rings. The fourth-order valence-corrected chi connectivity index (χ4v) is 0.882. The highest BCUT2D eigenvalue weighted by Crippen LogP contribution is 1.91. The van der Waals surface area contributed by atoms with Crippen molar-refractivity contribution in [1.82, 2.24) is 5.32 Å². The Balaban J connectivity index is 3.32. The van der Waals surface area contributed by atoms with Gasteiger partial charge in [-0.05, 0) is 12.3 Å². The SMILES string of the molecule is CC[C@@H](N)C(=O)NCCOCC(C)C. The van der Waals surface area contributed by atoms with Crippen molar-refractivity contribution in [3.8, 4) is 0 Å². The van der Waals surface area contributed by atoms with Crippen LogP contribution in [0.4, 0.5) is 0 Å². The van der Waals surface area contributed by atoms with E-state index in [1.165, 1.54) is 0 Å². The monoisotopic (exact) mass is 202 g/mol. The first kappa shape index (κ1) is 13.4. The van der Waals surface area contributed by atoms with Crippen LogP contribution in [-0.2, 0) is 9.53 Å². The van der Waals surface area contributed by atoms with E-state index in [9.17, 15) is 4.79 Å². The van der Waals surface area contributed by atoms with E-state index in [1.54, 1.807) is 0 Å². The zero-order chi connectivity index (χ0) is 11.0. The van der Waals surface area contributed by atoms with Crippen molar-refractivity contribution in [3.05, 3.63) is 0 Å². The Labute approximate surface area is 86.2 Å². The van der Waals surface area contributed by atoms with Gasteiger partial charge in [0.2, 0.25) is 5.91 Å². The number of nitrogens with one attached hydrogen (secondary N) is 1. The molecule has 14 heavy (non-hydrogen) atoms. The van der Waals surface area contributed by atoms with Gasteiger partial charge < -0.3 is 15.8 Å². The molecule has 4 nitrogen and oxygen atoms in total. The highest BCUT2D eigenvalue weighted by atomic mass is 16.5. The number of carbonyl (C=O) groups excluding carboxylic acids is 1. The third-order valence-corrected chi connectivity index (χ3v) is 1.77. The summed E-state index contributed by atoms with van der Waals surface area (Å²) < 4.78 is 5.30. The van der Waals surface area contributed by atoms with Gasteiger partial charge in [-0.3, -0.25) is 4.79 Å². The van der Waals surface area contributed by atoms with Gasteiger partial charge in [0.25, 0.3) is 0 Å². The van der Waals surface area contributed by atoms with Gasteiger partial charge in [-0.1, -0.05) is 20.8 Å². The summed E-state index contributed by atoms with van der Waals surface area (Å²) in [6.07, 6.45) is 0.665. The maximum absolute atomic E-state index is 11.2. The molecular weight excluding hydrogens is 180 g/mol. The summed E-state index contributed by atoms with van der Waals surface area (Å²) in [7, 11) is 0. The second kappa shape index (κ2) is 7.76. The largest absolute Gasteiger partial charge is 0.379 e. The fraction of sp³-hybridized carbons (Fsp3) is 0.900. The second-order valence-electron chi connectivity index (χ2n) is 3.77. The van der Waals surface area contributed by atoms with E-state index in [2.05, 4.69) is 19.2 Å². The predicted molar refractivity (Wildman–Crippen MR) is 56.9 cm³/mol. The van der Waals surface area contributed by atoms with Gasteiger partial charge in [0.1, 0.15) is 0 Å². The third-order valence-electron chi connectivity index (χ3n) is 1.77. The molecule has 0 spiro atoms. The first-order chi connectivity index (χ1) is 6.57. The Morgan fingerprint density at radius 3 is 2.64 bits per heavy atom. The van der Waals surface area contributed by atoms with Crippen LogP contribution < -0.4 is 11.1 Å². The Morgan fingerprint density at radius 2 is 2.14 bits per heavy atom. The minimum atomic E-state index is -0.389. The normalized spacial score (nSPS) is 12.9. The van der Waals surface area contributed by atoms with Crippen molar-refractivity contribution in [2.45, 2.75) is 33.2 Å². The molecule has 0 fully saturated rings. The van der Waals surface area contributed by atoms with Gasteiger partial charge in [-0.2, -0.15) is 0 Å². The molecule has 0 saturated heterocycles. The number of amides is 1. The molecule has 0 heterocycles. The highest BCUT2D eigenvalue weighted by Gasteiger charge is 2.08. The number of nitrogens with two attached hydrogens (primary N) is 1. The average molecular weight is 202 g/mol. The van der Waals surface area contributed by atoms with E-state index in [1.807, 2.05) is 6.92 Å². The summed E-state index contributed by atoms with van der Waals surface area (Å²) in [5, 5.41) is 2.72. The minimum Gasteiger partial charge on any atom is -0.379 e. The van der Waals surface area contributed by atoms with Crippen LogP contribution in [0.25, 0.3) is 0 Å². The van der Waals surface area contributed by atoms with Crippen LogP contribution in [0.3, 0.4) is 0 Å². The second-order valence-corrected chi connectivity index (χ2v) is 3.77. The molecule has 1 amide bonds. The number of hydrogen-bond acceptors (Lipinski definition) is 3. The van der Waals surface area contributed by atoms with E-state index < -0.39 is 0 Å². The smallest absolute Gasteiger partial charge is 0.236 e. The molecule has 0 aromatic rings. The average Bonchev–Trinajstić information content (AvgIpc) is 2.15. The summed E-state index contributed by atoms with van der Waals surface area (Å²) in [5.74, 6) is 0.434. The van der Waals surface area contributed by atoms with Crippen molar-refractivity contribution in [2.75, 3.05) is 19.8 Å². The molecule has 0 aliphatic heterocycles. The molecule has 0 rings (SSSR count). The maximum atomic E-state index is 11.2. The van der Waals surface area contributed by atoms with Gasteiger partial charge in [0.05, 0.1) is 12.6 Å². The molecule has 0 unspecified atom stereocenters. The third kappa shape index (κ3) is 6.86. The Kier molecular flexibility index (Phi) is 7.42. The molecule has 1 atom stereocenters. The van der Waals surface area contributed by atoms with Crippen LogP contribution in [0.5, 0.6) is 0 Å². The summed E-state index contributed by atoms with van der Waals surface area (Å²) in [4.78, 5) is 11.2. The minimum absolute atomic E-state index is 0.0966. The lowest BCUT2D eigenvalue weighted by Gasteiger charge is -2.10. The quantitative estimate of drug-likeness (QED) is 0.591. The molecule has 0 aromatic heterocycles. The first-order valence-corrected chi connectivity index (χ1v) is 5.19. The number of ether oxygens (including phenoxy) is 1. The molecule has 0 aliphatic carbocycles.